The number of hydrogen-bond acceptors (Lipinski definition) is 2. The molecule has 0 fully saturated rings. The van der Waals surface area contributed by atoms with E-state index in [1.54, 1.807) is 14.2 Å². The average molecular weight is 297 g/mol. The largest absolute Gasteiger partial charge is 0.493 e. The van der Waals surface area contributed by atoms with Crippen molar-refractivity contribution in [1.29, 1.82) is 0 Å². The van der Waals surface area contributed by atoms with Gasteiger partial charge in [-0.25, -0.2) is 0 Å². The van der Waals surface area contributed by atoms with Crippen LogP contribution in [0.1, 0.15) is 24.0 Å². The van der Waals surface area contributed by atoms with E-state index in [0.717, 1.165) is 37.2 Å². The summed E-state index contributed by atoms with van der Waals surface area (Å²) >= 11 is 0. The molecule has 1 unspecified atom stereocenters. The van der Waals surface area contributed by atoms with E-state index < -0.39 is 0 Å². The van der Waals surface area contributed by atoms with Crippen molar-refractivity contribution in [2.24, 2.45) is 5.92 Å². The van der Waals surface area contributed by atoms with Gasteiger partial charge in [0.2, 0.25) is 0 Å². The van der Waals surface area contributed by atoms with Gasteiger partial charge in [0, 0.05) is 0 Å². The van der Waals surface area contributed by atoms with Gasteiger partial charge in [0.15, 0.2) is 11.5 Å². The molecule has 0 aliphatic carbocycles. The molecule has 0 spiro atoms. The Bertz CT molecular complexity index is 563. The van der Waals surface area contributed by atoms with Crippen molar-refractivity contribution >= 4 is 0 Å². The van der Waals surface area contributed by atoms with Gasteiger partial charge in [-0.2, -0.15) is 0 Å². The van der Waals surface area contributed by atoms with E-state index >= 15 is 0 Å². The minimum Gasteiger partial charge on any atom is -0.493 e. The van der Waals surface area contributed by atoms with Crippen molar-refractivity contribution < 1.29 is 9.47 Å². The molecule has 1 radical (unpaired) electrons. The molecule has 0 amide bonds. The smallest absolute Gasteiger partial charge is 0.160 e. The lowest BCUT2D eigenvalue weighted by Crippen LogP contribution is -2.05. The van der Waals surface area contributed by atoms with Crippen LogP contribution in [0.25, 0.3) is 0 Å². The number of rotatable bonds is 8. The first-order chi connectivity index (χ1) is 10.8. The number of benzene rings is 2. The fourth-order valence-corrected chi connectivity index (χ4v) is 2.70. The lowest BCUT2D eigenvalue weighted by Gasteiger charge is -2.15. The average Bonchev–Trinajstić information content (AvgIpc) is 2.59. The Labute approximate surface area is 134 Å². The molecule has 1 atom stereocenters. The van der Waals surface area contributed by atoms with Crippen LogP contribution < -0.4 is 9.47 Å². The Morgan fingerprint density at radius 2 is 1.64 bits per heavy atom. The van der Waals surface area contributed by atoms with Crippen molar-refractivity contribution in [3.05, 3.63) is 66.6 Å². The second-order valence-electron chi connectivity index (χ2n) is 5.57. The molecule has 117 valence electrons. The molecule has 2 heteroatoms. The summed E-state index contributed by atoms with van der Waals surface area (Å²) in [5.41, 5.74) is 2.67. The van der Waals surface area contributed by atoms with Crippen LogP contribution >= 0.6 is 0 Å². The molecule has 0 saturated carbocycles. The van der Waals surface area contributed by atoms with Crippen molar-refractivity contribution in [3.63, 3.8) is 0 Å². The highest BCUT2D eigenvalue weighted by Gasteiger charge is 2.10. The standard InChI is InChI=1S/C20H25O2/c1-4-16(14-17-8-6-5-7-9-17)10-11-18-12-13-19(21-2)20(15-18)22-3/h5-9,12-13,15-16H,1,4,10-11,14H2,2-3H3. The fraction of sp³-hybridized carbons (Fsp3) is 0.350. The van der Waals surface area contributed by atoms with Gasteiger partial charge in [-0.1, -0.05) is 49.7 Å². The third kappa shape index (κ3) is 4.52. The molecule has 0 N–H and O–H groups in total. The lowest BCUT2D eigenvalue weighted by molar-refractivity contribution is 0.354. The molecule has 2 nitrogen and oxygen atoms in total. The zero-order chi connectivity index (χ0) is 15.8. The molecule has 0 aliphatic rings. The molecule has 2 aromatic carbocycles. The van der Waals surface area contributed by atoms with Gasteiger partial charge in [0.25, 0.3) is 0 Å². The first kappa shape index (κ1) is 16.4. The summed E-state index contributed by atoms with van der Waals surface area (Å²) in [4.78, 5) is 0. The summed E-state index contributed by atoms with van der Waals surface area (Å²) in [5.74, 6) is 2.19. The molecule has 2 rings (SSSR count). The summed E-state index contributed by atoms with van der Waals surface area (Å²) in [6.45, 7) is 4.11. The van der Waals surface area contributed by atoms with Crippen LogP contribution in [-0.4, -0.2) is 14.2 Å². The molecule has 0 saturated heterocycles. The highest BCUT2D eigenvalue weighted by molar-refractivity contribution is 5.42. The van der Waals surface area contributed by atoms with Crippen LogP contribution in [0.2, 0.25) is 0 Å². The van der Waals surface area contributed by atoms with Crippen LogP contribution in [0.5, 0.6) is 11.5 Å². The monoisotopic (exact) mass is 297 g/mol. The number of aryl methyl sites for hydroxylation is 1. The molecule has 0 bridgehead atoms. The highest BCUT2D eigenvalue weighted by Crippen LogP contribution is 2.28. The van der Waals surface area contributed by atoms with Crippen LogP contribution in [0.15, 0.2) is 48.5 Å². The highest BCUT2D eigenvalue weighted by atomic mass is 16.5. The van der Waals surface area contributed by atoms with Crippen molar-refractivity contribution in [2.75, 3.05) is 14.2 Å². The Morgan fingerprint density at radius 3 is 2.27 bits per heavy atom. The SMILES string of the molecule is [CH2]CC(CCc1ccc(OC)c(OC)c1)Cc1ccccc1. The maximum atomic E-state index is 5.37. The van der Waals surface area contributed by atoms with Gasteiger partial charge in [-0.3, -0.25) is 0 Å². The number of ether oxygens (including phenoxy) is 2. The molecule has 2 aromatic rings. The van der Waals surface area contributed by atoms with Crippen LogP contribution in [0.4, 0.5) is 0 Å². The van der Waals surface area contributed by atoms with Gasteiger partial charge in [-0.05, 0) is 48.4 Å². The van der Waals surface area contributed by atoms with Gasteiger partial charge >= 0.3 is 0 Å². The number of methoxy groups -OCH3 is 2. The Balaban J connectivity index is 1.95. The van der Waals surface area contributed by atoms with Crippen molar-refractivity contribution in [3.8, 4) is 11.5 Å². The van der Waals surface area contributed by atoms with Gasteiger partial charge in [-0.15, -0.1) is 0 Å². The molecular weight excluding hydrogens is 272 g/mol. The van der Waals surface area contributed by atoms with Crippen molar-refractivity contribution in [1.82, 2.24) is 0 Å². The molecule has 0 heterocycles. The first-order valence-corrected chi connectivity index (χ1v) is 7.81. The van der Waals surface area contributed by atoms with Gasteiger partial charge in [0.1, 0.15) is 0 Å². The second kappa shape index (κ2) is 8.47. The first-order valence-electron chi connectivity index (χ1n) is 7.81. The molecule has 22 heavy (non-hydrogen) atoms. The van der Waals surface area contributed by atoms with Crippen LogP contribution in [-0.2, 0) is 12.8 Å². The Morgan fingerprint density at radius 1 is 0.909 bits per heavy atom. The van der Waals surface area contributed by atoms with Crippen molar-refractivity contribution in [2.45, 2.75) is 25.7 Å². The van der Waals surface area contributed by atoms with Crippen LogP contribution in [0, 0.1) is 12.8 Å². The summed E-state index contributed by atoms with van der Waals surface area (Å²) < 4.78 is 10.7. The fourth-order valence-electron chi connectivity index (χ4n) is 2.70. The van der Waals surface area contributed by atoms with E-state index in [9.17, 15) is 0 Å². The summed E-state index contributed by atoms with van der Waals surface area (Å²) in [6, 6.07) is 16.8. The Hall–Kier alpha value is -1.96. The lowest BCUT2D eigenvalue weighted by atomic mass is 9.91. The predicted octanol–water partition coefficient (Wildman–Crippen LogP) is 4.72. The second-order valence-corrected chi connectivity index (χ2v) is 5.57. The van der Waals surface area contributed by atoms with E-state index in [1.165, 1.54) is 11.1 Å². The quantitative estimate of drug-likeness (QED) is 0.702. The molecular formula is C20H25O2. The summed E-state index contributed by atoms with van der Waals surface area (Å²) in [5, 5.41) is 0. The van der Waals surface area contributed by atoms with E-state index in [1.807, 2.05) is 6.07 Å². The zero-order valence-electron chi connectivity index (χ0n) is 13.5. The topological polar surface area (TPSA) is 18.5 Å². The minimum absolute atomic E-state index is 0.607. The maximum Gasteiger partial charge on any atom is 0.160 e. The maximum absolute atomic E-state index is 5.37. The Kier molecular flexibility index (Phi) is 6.32. The molecule has 0 aliphatic heterocycles. The van der Waals surface area contributed by atoms with Crippen LogP contribution in [0.3, 0.4) is 0 Å². The summed E-state index contributed by atoms with van der Waals surface area (Å²) in [7, 11) is 3.34. The van der Waals surface area contributed by atoms with E-state index in [0.29, 0.717) is 5.92 Å². The van der Waals surface area contributed by atoms with Gasteiger partial charge < -0.3 is 9.47 Å². The van der Waals surface area contributed by atoms with E-state index in [4.69, 9.17) is 9.47 Å². The third-order valence-corrected chi connectivity index (χ3v) is 4.06. The minimum atomic E-state index is 0.607. The molecule has 0 aromatic heterocycles. The third-order valence-electron chi connectivity index (χ3n) is 4.06. The van der Waals surface area contributed by atoms with Gasteiger partial charge in [0.05, 0.1) is 14.2 Å². The summed E-state index contributed by atoms with van der Waals surface area (Å²) in [6.07, 6.45) is 4.22. The van der Waals surface area contributed by atoms with E-state index in [2.05, 4.69) is 49.4 Å². The number of hydrogen-bond donors (Lipinski definition) is 0. The van der Waals surface area contributed by atoms with E-state index in [-0.39, 0.29) is 0 Å². The zero-order valence-corrected chi connectivity index (χ0v) is 13.5. The normalized spacial score (nSPS) is 12.0. The predicted molar refractivity (Wildman–Crippen MR) is 91.5 cm³/mol.